The van der Waals surface area contributed by atoms with Crippen molar-refractivity contribution in [2.45, 2.75) is 70.5 Å². The van der Waals surface area contributed by atoms with Crippen molar-refractivity contribution >= 4 is 29.6 Å². The monoisotopic (exact) mass is 486 g/mol. The number of hydrogen-bond donors (Lipinski definition) is 1. The Balaban J connectivity index is 1.90. The van der Waals surface area contributed by atoms with Crippen LogP contribution < -0.4 is 10.5 Å². The summed E-state index contributed by atoms with van der Waals surface area (Å²) in [6, 6.07) is 7.20. The summed E-state index contributed by atoms with van der Waals surface area (Å²) in [5, 5.41) is 0. The molecule has 1 aliphatic heterocycles. The van der Waals surface area contributed by atoms with E-state index in [1.807, 2.05) is 24.3 Å². The van der Waals surface area contributed by atoms with Gasteiger partial charge in [0.05, 0.1) is 18.7 Å². The number of benzene rings is 1. The topological polar surface area (TPSA) is 122 Å². The van der Waals surface area contributed by atoms with Crippen LogP contribution in [0.5, 0.6) is 5.75 Å². The second-order valence-corrected chi connectivity index (χ2v) is 8.94. The largest absolute Gasteiger partial charge is 0.497 e. The van der Waals surface area contributed by atoms with Crippen molar-refractivity contribution in [3.8, 4) is 5.75 Å². The van der Waals surface area contributed by atoms with Crippen molar-refractivity contribution in [3.63, 3.8) is 0 Å². The molecule has 1 unspecified atom stereocenters. The van der Waals surface area contributed by atoms with Gasteiger partial charge in [-0.05, 0) is 43.4 Å². The van der Waals surface area contributed by atoms with Gasteiger partial charge in [0.15, 0.2) is 5.78 Å². The predicted molar refractivity (Wildman–Crippen MR) is 134 cm³/mol. The minimum absolute atomic E-state index is 0.0220. The number of ketones is 2. The normalized spacial score (nSPS) is 16.6. The van der Waals surface area contributed by atoms with Gasteiger partial charge in [-0.25, -0.2) is 0 Å². The Morgan fingerprint density at radius 2 is 1.77 bits per heavy atom. The van der Waals surface area contributed by atoms with Crippen LogP contribution in [-0.4, -0.2) is 78.2 Å². The molecule has 1 heterocycles. The number of nitrogens with two attached hydrogens (primary N) is 1. The lowest BCUT2D eigenvalue weighted by Crippen LogP contribution is -2.58. The Morgan fingerprint density at radius 1 is 1.14 bits per heavy atom. The van der Waals surface area contributed by atoms with E-state index in [0.717, 1.165) is 11.3 Å². The Bertz CT molecular complexity index is 924. The quantitative estimate of drug-likeness (QED) is 0.259. The molecule has 9 heteroatoms. The van der Waals surface area contributed by atoms with Gasteiger partial charge < -0.3 is 20.3 Å². The summed E-state index contributed by atoms with van der Waals surface area (Å²) in [6.07, 6.45) is 3.62. The molecule has 35 heavy (non-hydrogen) atoms. The highest BCUT2D eigenvalue weighted by Crippen LogP contribution is 2.19. The molecule has 2 rings (SSSR count). The van der Waals surface area contributed by atoms with Gasteiger partial charge in [-0.1, -0.05) is 26.0 Å². The smallest absolute Gasteiger partial charge is 0.242 e. The van der Waals surface area contributed by atoms with Crippen LogP contribution in [0.4, 0.5) is 0 Å². The summed E-state index contributed by atoms with van der Waals surface area (Å²) in [4.78, 5) is 57.7. The van der Waals surface area contributed by atoms with Gasteiger partial charge in [0.2, 0.25) is 17.6 Å². The Hall–Kier alpha value is -3.07. The van der Waals surface area contributed by atoms with E-state index >= 15 is 0 Å². The molecule has 1 atom stereocenters. The molecule has 192 valence electrons. The number of amides is 2. The fraction of sp³-hybridized carbons (Fsp3) is 0.577. The van der Waals surface area contributed by atoms with Crippen LogP contribution in [0.25, 0.3) is 0 Å². The van der Waals surface area contributed by atoms with Crippen LogP contribution in [0.2, 0.25) is 0 Å². The van der Waals surface area contributed by atoms with Crippen molar-refractivity contribution in [2.75, 3.05) is 27.2 Å². The summed E-state index contributed by atoms with van der Waals surface area (Å²) in [6.45, 7) is 4.36. The van der Waals surface area contributed by atoms with Gasteiger partial charge in [0.1, 0.15) is 12.3 Å². The molecule has 9 nitrogen and oxygen atoms in total. The molecular formula is C26H38N4O5. The molecule has 1 saturated heterocycles. The summed E-state index contributed by atoms with van der Waals surface area (Å²) in [5.41, 5.74) is 5.90. The standard InChI is InChI=1S/C26H38N4O5/c1-5-26(27,6-2)25(34)22(31)9-7-8-10-23(32)30-18-24(33)29(17-20(30)15-28-3)16-19-11-13-21(35-4)14-12-19/h11-15,20H,5-10,16-18,27H2,1-4H3. The van der Waals surface area contributed by atoms with E-state index in [-0.39, 0.29) is 37.2 Å². The van der Waals surface area contributed by atoms with E-state index in [1.165, 1.54) is 0 Å². The van der Waals surface area contributed by atoms with Crippen LogP contribution in [0, 0.1) is 0 Å². The van der Waals surface area contributed by atoms with E-state index in [1.54, 1.807) is 44.0 Å². The molecule has 1 aromatic rings. The van der Waals surface area contributed by atoms with Gasteiger partial charge in [0.25, 0.3) is 0 Å². The second-order valence-electron chi connectivity index (χ2n) is 8.94. The molecule has 1 fully saturated rings. The first-order chi connectivity index (χ1) is 16.7. The number of piperazine rings is 1. The van der Waals surface area contributed by atoms with Crippen molar-refractivity contribution in [2.24, 2.45) is 10.7 Å². The zero-order valence-corrected chi connectivity index (χ0v) is 21.3. The minimum Gasteiger partial charge on any atom is -0.497 e. The number of unbranched alkanes of at least 4 members (excludes halogenated alkanes) is 1. The van der Waals surface area contributed by atoms with Crippen LogP contribution in [-0.2, 0) is 25.7 Å². The second kappa shape index (κ2) is 13.1. The van der Waals surface area contributed by atoms with Crippen LogP contribution in [0.1, 0.15) is 57.9 Å². The van der Waals surface area contributed by atoms with Gasteiger partial charge in [0, 0.05) is 39.2 Å². The van der Waals surface area contributed by atoms with Crippen LogP contribution >= 0.6 is 0 Å². The van der Waals surface area contributed by atoms with Gasteiger partial charge in [-0.15, -0.1) is 0 Å². The molecule has 0 radical (unpaired) electrons. The fourth-order valence-electron chi connectivity index (χ4n) is 4.13. The lowest BCUT2D eigenvalue weighted by Gasteiger charge is -2.39. The molecule has 0 bridgehead atoms. The van der Waals surface area contributed by atoms with Gasteiger partial charge in [-0.3, -0.25) is 24.2 Å². The average Bonchev–Trinajstić information content (AvgIpc) is 2.87. The summed E-state index contributed by atoms with van der Waals surface area (Å²) in [7, 11) is 3.24. The number of aliphatic imine (C=N–C) groups is 1. The highest BCUT2D eigenvalue weighted by Gasteiger charge is 2.35. The third kappa shape index (κ3) is 7.45. The maximum absolute atomic E-state index is 12.9. The summed E-state index contributed by atoms with van der Waals surface area (Å²) in [5.74, 6) is -0.570. The molecule has 2 N–H and O–H groups in total. The van der Waals surface area contributed by atoms with Crippen molar-refractivity contribution in [3.05, 3.63) is 29.8 Å². The highest BCUT2D eigenvalue weighted by atomic mass is 16.5. The SMILES string of the molecule is CCC(N)(CC)C(=O)C(=O)CCCCC(=O)N1CC(=O)N(Cc2ccc(OC)cc2)CC1C=NC. The van der Waals surface area contributed by atoms with Gasteiger partial charge >= 0.3 is 0 Å². The number of Topliss-reactive ketones (excluding diaryl/α,β-unsaturated/α-hetero) is 2. The number of carbonyl (C=O) groups is 4. The first-order valence-electron chi connectivity index (χ1n) is 12.2. The lowest BCUT2D eigenvalue weighted by molar-refractivity contribution is -0.147. The molecule has 0 spiro atoms. The molecule has 0 aromatic heterocycles. The van der Waals surface area contributed by atoms with Gasteiger partial charge in [-0.2, -0.15) is 0 Å². The third-order valence-corrected chi connectivity index (χ3v) is 6.65. The van der Waals surface area contributed by atoms with E-state index in [0.29, 0.717) is 38.8 Å². The molecule has 2 amide bonds. The first-order valence-corrected chi connectivity index (χ1v) is 12.2. The van der Waals surface area contributed by atoms with E-state index in [4.69, 9.17) is 10.5 Å². The van der Waals surface area contributed by atoms with Crippen LogP contribution in [0.15, 0.2) is 29.3 Å². The maximum atomic E-state index is 12.9. The molecule has 0 aliphatic carbocycles. The van der Waals surface area contributed by atoms with Crippen LogP contribution in [0.3, 0.4) is 0 Å². The zero-order valence-electron chi connectivity index (χ0n) is 21.3. The number of hydrogen-bond acceptors (Lipinski definition) is 7. The average molecular weight is 487 g/mol. The number of nitrogens with zero attached hydrogens (tertiary/aromatic N) is 3. The Morgan fingerprint density at radius 3 is 2.34 bits per heavy atom. The third-order valence-electron chi connectivity index (χ3n) is 6.65. The van der Waals surface area contributed by atoms with Crippen molar-refractivity contribution in [1.82, 2.24) is 9.80 Å². The fourth-order valence-corrected chi connectivity index (χ4v) is 4.13. The van der Waals surface area contributed by atoms with E-state index in [9.17, 15) is 19.2 Å². The predicted octanol–water partition coefficient (Wildman–Crippen LogP) is 2.15. The number of rotatable bonds is 13. The summed E-state index contributed by atoms with van der Waals surface area (Å²) < 4.78 is 5.18. The number of carbonyl (C=O) groups excluding carboxylic acids is 4. The molecule has 0 saturated carbocycles. The van der Waals surface area contributed by atoms with Crippen molar-refractivity contribution < 1.29 is 23.9 Å². The zero-order chi connectivity index (χ0) is 26.0. The molecule has 1 aliphatic rings. The Kier molecular flexibility index (Phi) is 10.6. The number of ether oxygens (including phenoxy) is 1. The molecular weight excluding hydrogens is 448 g/mol. The Labute approximate surface area is 207 Å². The summed E-state index contributed by atoms with van der Waals surface area (Å²) >= 11 is 0. The van der Waals surface area contributed by atoms with Crippen molar-refractivity contribution in [1.29, 1.82) is 0 Å². The lowest BCUT2D eigenvalue weighted by atomic mass is 9.86. The highest BCUT2D eigenvalue weighted by molar-refractivity contribution is 6.40. The number of methoxy groups -OCH3 is 1. The maximum Gasteiger partial charge on any atom is 0.242 e. The minimum atomic E-state index is -1.11. The van der Waals surface area contributed by atoms with E-state index in [2.05, 4.69) is 4.99 Å². The first kappa shape index (κ1) is 28.2. The molecule has 1 aromatic carbocycles. The van der Waals surface area contributed by atoms with E-state index < -0.39 is 17.1 Å².